The van der Waals surface area contributed by atoms with Crippen molar-refractivity contribution in [1.29, 1.82) is 0 Å². The zero-order valence-electron chi connectivity index (χ0n) is 14.1. The summed E-state index contributed by atoms with van der Waals surface area (Å²) in [5, 5.41) is 3.91. The van der Waals surface area contributed by atoms with Crippen molar-refractivity contribution in [3.63, 3.8) is 0 Å². The Morgan fingerprint density at radius 2 is 2.17 bits per heavy atom. The van der Waals surface area contributed by atoms with Crippen LogP contribution in [0.2, 0.25) is 5.02 Å². The fraction of sp³-hybridized carbons (Fsp3) is 0.562. The second-order valence-corrected chi connectivity index (χ2v) is 10.5. The van der Waals surface area contributed by atoms with Gasteiger partial charge < -0.3 is 10.2 Å². The highest BCUT2D eigenvalue weighted by atomic mass is 79.9. The molecular formula is C16H23BrClN3O2S. The lowest BCUT2D eigenvalue weighted by Crippen LogP contribution is -2.57. The van der Waals surface area contributed by atoms with Crippen LogP contribution in [-0.2, 0) is 16.4 Å². The van der Waals surface area contributed by atoms with Gasteiger partial charge in [-0.25, -0.2) is 13.4 Å². The van der Waals surface area contributed by atoms with E-state index in [2.05, 4.69) is 26.2 Å². The number of nitrogens with zero attached hydrogens (tertiary/aromatic N) is 2. The van der Waals surface area contributed by atoms with E-state index in [-0.39, 0.29) is 5.75 Å². The van der Waals surface area contributed by atoms with Gasteiger partial charge in [-0.15, -0.1) is 0 Å². The average Bonchev–Trinajstić information content (AvgIpc) is 2.48. The quantitative estimate of drug-likeness (QED) is 0.584. The van der Waals surface area contributed by atoms with Crippen LogP contribution in [-0.4, -0.2) is 49.4 Å². The van der Waals surface area contributed by atoms with E-state index in [0.29, 0.717) is 24.7 Å². The van der Waals surface area contributed by atoms with Crippen LogP contribution in [0.5, 0.6) is 0 Å². The second kappa shape index (κ2) is 7.62. The lowest BCUT2D eigenvalue weighted by atomic mass is 10.2. The molecule has 1 N–H and O–H groups in total. The van der Waals surface area contributed by atoms with Crippen LogP contribution in [0.25, 0.3) is 0 Å². The Labute approximate surface area is 157 Å². The molecule has 24 heavy (non-hydrogen) atoms. The molecule has 0 bridgehead atoms. The number of aliphatic imine (C=N–C) groups is 1. The summed E-state index contributed by atoms with van der Waals surface area (Å²) in [6.45, 7) is 7.57. The molecule has 0 aromatic heterocycles. The summed E-state index contributed by atoms with van der Waals surface area (Å²) < 4.78 is 24.5. The minimum absolute atomic E-state index is 0.142. The van der Waals surface area contributed by atoms with Crippen molar-refractivity contribution >= 4 is 43.3 Å². The van der Waals surface area contributed by atoms with Gasteiger partial charge in [0.1, 0.15) is 0 Å². The molecule has 1 saturated heterocycles. The van der Waals surface area contributed by atoms with E-state index in [1.165, 1.54) is 0 Å². The van der Waals surface area contributed by atoms with E-state index in [1.54, 1.807) is 13.8 Å². The van der Waals surface area contributed by atoms with Crippen molar-refractivity contribution in [2.75, 3.05) is 25.4 Å². The molecule has 1 aromatic carbocycles. The number of hydrogen-bond donors (Lipinski definition) is 1. The van der Waals surface area contributed by atoms with Crippen molar-refractivity contribution in [2.45, 2.75) is 32.1 Å². The van der Waals surface area contributed by atoms with Crippen molar-refractivity contribution in [1.82, 2.24) is 10.2 Å². The number of halogens is 2. The number of sulfone groups is 1. The molecular weight excluding hydrogens is 414 g/mol. The molecule has 0 aliphatic carbocycles. The highest BCUT2D eigenvalue weighted by Gasteiger charge is 2.40. The van der Waals surface area contributed by atoms with Gasteiger partial charge in [-0.1, -0.05) is 33.6 Å². The molecule has 1 aliphatic rings. The molecule has 1 aliphatic heterocycles. The van der Waals surface area contributed by atoms with Crippen LogP contribution in [0.3, 0.4) is 0 Å². The molecule has 0 unspecified atom stereocenters. The lowest BCUT2D eigenvalue weighted by molar-refractivity contribution is 0.353. The summed E-state index contributed by atoms with van der Waals surface area (Å²) in [6, 6.07) is 5.71. The first-order chi connectivity index (χ1) is 11.2. The minimum Gasteiger partial charge on any atom is -0.357 e. The number of benzene rings is 1. The molecule has 0 amide bonds. The molecule has 0 spiro atoms. The van der Waals surface area contributed by atoms with E-state index < -0.39 is 14.6 Å². The van der Waals surface area contributed by atoms with Crippen LogP contribution in [0.1, 0.15) is 26.3 Å². The summed E-state index contributed by atoms with van der Waals surface area (Å²) in [7, 11) is -3.07. The van der Waals surface area contributed by atoms with Gasteiger partial charge >= 0.3 is 0 Å². The Morgan fingerprint density at radius 1 is 1.46 bits per heavy atom. The molecule has 5 nitrogen and oxygen atoms in total. The minimum atomic E-state index is -3.07. The first-order valence-corrected chi connectivity index (χ1v) is 10.7. The van der Waals surface area contributed by atoms with Gasteiger partial charge in [0.15, 0.2) is 15.8 Å². The topological polar surface area (TPSA) is 61.8 Å². The molecule has 1 heterocycles. The predicted molar refractivity (Wildman–Crippen MR) is 103 cm³/mol. The first kappa shape index (κ1) is 19.5. The number of nitrogens with one attached hydrogen (secondary N) is 1. The zero-order chi connectivity index (χ0) is 18.0. The number of rotatable bonds is 3. The Kier molecular flexibility index (Phi) is 6.20. The van der Waals surface area contributed by atoms with Gasteiger partial charge in [-0.2, -0.15) is 0 Å². The maximum atomic E-state index is 12.2. The Hall–Kier alpha value is -0.790. The Bertz CT molecular complexity index is 735. The van der Waals surface area contributed by atoms with E-state index in [1.807, 2.05) is 30.0 Å². The van der Waals surface area contributed by atoms with Crippen molar-refractivity contribution in [2.24, 2.45) is 4.99 Å². The fourth-order valence-electron chi connectivity index (χ4n) is 2.56. The maximum absolute atomic E-state index is 12.2. The average molecular weight is 437 g/mol. The lowest BCUT2D eigenvalue weighted by Gasteiger charge is -2.39. The maximum Gasteiger partial charge on any atom is 0.194 e. The third kappa shape index (κ3) is 4.43. The van der Waals surface area contributed by atoms with Crippen LogP contribution >= 0.6 is 27.5 Å². The Morgan fingerprint density at radius 3 is 2.75 bits per heavy atom. The van der Waals surface area contributed by atoms with Crippen molar-refractivity contribution in [3.8, 4) is 0 Å². The SMILES string of the molecule is CCNC(=NCc1ccc(Br)cc1Cl)N1CCS(=O)(=O)C(C)(C)C1. The molecule has 0 atom stereocenters. The third-order valence-electron chi connectivity index (χ3n) is 4.09. The van der Waals surface area contributed by atoms with Gasteiger partial charge in [-0.05, 0) is 38.5 Å². The van der Waals surface area contributed by atoms with Gasteiger partial charge in [-0.3, -0.25) is 0 Å². The molecule has 2 rings (SSSR count). The van der Waals surface area contributed by atoms with E-state index in [9.17, 15) is 8.42 Å². The summed E-state index contributed by atoms with van der Waals surface area (Å²) in [6.07, 6.45) is 0. The molecule has 134 valence electrons. The van der Waals surface area contributed by atoms with Crippen LogP contribution in [0.15, 0.2) is 27.7 Å². The van der Waals surface area contributed by atoms with Crippen LogP contribution < -0.4 is 5.32 Å². The highest BCUT2D eigenvalue weighted by molar-refractivity contribution is 9.10. The van der Waals surface area contributed by atoms with E-state index in [0.717, 1.165) is 22.5 Å². The summed E-state index contributed by atoms with van der Waals surface area (Å²) in [4.78, 5) is 6.66. The van der Waals surface area contributed by atoms with Gasteiger partial charge in [0.2, 0.25) is 0 Å². The predicted octanol–water partition coefficient (Wildman–Crippen LogP) is 3.08. The third-order valence-corrected chi connectivity index (χ3v) is 7.47. The van der Waals surface area contributed by atoms with Crippen LogP contribution in [0, 0.1) is 0 Å². The van der Waals surface area contributed by atoms with Gasteiger partial charge in [0, 0.05) is 29.1 Å². The summed E-state index contributed by atoms with van der Waals surface area (Å²) in [5.41, 5.74) is 0.930. The number of guanidine groups is 1. The largest absolute Gasteiger partial charge is 0.357 e. The van der Waals surface area contributed by atoms with Crippen molar-refractivity contribution < 1.29 is 8.42 Å². The summed E-state index contributed by atoms with van der Waals surface area (Å²) >= 11 is 9.64. The molecule has 8 heteroatoms. The van der Waals surface area contributed by atoms with Crippen LogP contribution in [0.4, 0.5) is 0 Å². The molecule has 1 fully saturated rings. The molecule has 0 radical (unpaired) electrons. The standard InChI is InChI=1S/C16H23BrClN3O2S/c1-4-19-15(20-10-12-5-6-13(17)9-14(12)18)21-7-8-24(22,23)16(2,3)11-21/h5-6,9H,4,7-8,10-11H2,1-3H3,(H,19,20). The van der Waals surface area contributed by atoms with Gasteiger partial charge in [0.05, 0.1) is 17.0 Å². The zero-order valence-corrected chi connectivity index (χ0v) is 17.3. The molecule has 1 aromatic rings. The van der Waals surface area contributed by atoms with Gasteiger partial charge in [0.25, 0.3) is 0 Å². The molecule has 0 saturated carbocycles. The highest BCUT2D eigenvalue weighted by Crippen LogP contribution is 2.25. The monoisotopic (exact) mass is 435 g/mol. The smallest absolute Gasteiger partial charge is 0.194 e. The Balaban J connectivity index is 2.20. The van der Waals surface area contributed by atoms with Crippen molar-refractivity contribution in [3.05, 3.63) is 33.3 Å². The normalized spacial score (nSPS) is 20.0. The fourth-order valence-corrected chi connectivity index (χ4v) is 4.66. The second-order valence-electron chi connectivity index (χ2n) is 6.41. The summed E-state index contributed by atoms with van der Waals surface area (Å²) in [5.74, 6) is 0.864. The van der Waals surface area contributed by atoms with E-state index in [4.69, 9.17) is 11.6 Å². The first-order valence-electron chi connectivity index (χ1n) is 7.86. The van der Waals surface area contributed by atoms with E-state index >= 15 is 0 Å². The number of hydrogen-bond acceptors (Lipinski definition) is 3.